The van der Waals surface area contributed by atoms with Crippen LogP contribution >= 0.6 is 0 Å². The van der Waals surface area contributed by atoms with Crippen LogP contribution in [-0.4, -0.2) is 16.3 Å². The minimum Gasteiger partial charge on any atom is -0.330 e. The second-order valence-corrected chi connectivity index (χ2v) is 2.88. The highest BCUT2D eigenvalue weighted by Gasteiger charge is 2.12. The average Bonchev–Trinajstić information content (AvgIpc) is 2.33. The lowest BCUT2D eigenvalue weighted by Gasteiger charge is -2.00. The predicted octanol–water partition coefficient (Wildman–Crippen LogP) is 1.09. The van der Waals surface area contributed by atoms with E-state index < -0.39 is 6.17 Å². The van der Waals surface area contributed by atoms with E-state index in [4.69, 9.17) is 5.73 Å². The van der Waals surface area contributed by atoms with Gasteiger partial charge in [-0.15, -0.1) is 0 Å². The largest absolute Gasteiger partial charge is 0.330 e. The molecule has 0 aliphatic carbocycles. The number of halogens is 1. The topological polar surface area (TPSA) is 43.8 Å². The molecule has 0 saturated carbocycles. The van der Waals surface area contributed by atoms with Crippen molar-refractivity contribution < 1.29 is 4.39 Å². The van der Waals surface area contributed by atoms with Gasteiger partial charge in [0.15, 0.2) is 0 Å². The minimum absolute atomic E-state index is 0.344. The van der Waals surface area contributed by atoms with Crippen LogP contribution in [0.5, 0.6) is 0 Å². The Morgan fingerprint density at radius 1 is 1.75 bits per heavy atom. The molecule has 0 spiro atoms. The average molecular weight is 171 g/mol. The molecule has 68 valence electrons. The summed E-state index contributed by atoms with van der Waals surface area (Å²) in [5.41, 5.74) is 6.69. The van der Waals surface area contributed by atoms with E-state index >= 15 is 0 Å². The maximum absolute atomic E-state index is 13.2. The summed E-state index contributed by atoms with van der Waals surface area (Å²) in [4.78, 5) is 0. The molecule has 4 heteroatoms. The standard InChI is InChI=1S/C8H14FN3/c1-6-5-8(11-12(6)2)7(9)3-4-10/h5,7H,3-4,10H2,1-2H3. The van der Waals surface area contributed by atoms with Crippen molar-refractivity contribution in [1.29, 1.82) is 0 Å². The monoisotopic (exact) mass is 171 g/mol. The molecular formula is C8H14FN3. The van der Waals surface area contributed by atoms with E-state index in [0.29, 0.717) is 18.7 Å². The molecule has 1 rings (SSSR count). The summed E-state index contributed by atoms with van der Waals surface area (Å²) in [6.07, 6.45) is -0.675. The fourth-order valence-corrected chi connectivity index (χ4v) is 1.04. The molecule has 0 aliphatic rings. The Balaban J connectivity index is 2.74. The quantitative estimate of drug-likeness (QED) is 0.739. The van der Waals surface area contributed by atoms with Gasteiger partial charge in [0.25, 0.3) is 0 Å². The lowest BCUT2D eigenvalue weighted by atomic mass is 10.2. The van der Waals surface area contributed by atoms with Crippen LogP contribution in [0.2, 0.25) is 0 Å². The molecule has 1 heterocycles. The van der Waals surface area contributed by atoms with Gasteiger partial charge in [0.1, 0.15) is 6.17 Å². The van der Waals surface area contributed by atoms with Crippen molar-refractivity contribution in [3.8, 4) is 0 Å². The fraction of sp³-hybridized carbons (Fsp3) is 0.625. The molecule has 0 radical (unpaired) electrons. The zero-order valence-corrected chi connectivity index (χ0v) is 7.42. The second kappa shape index (κ2) is 3.67. The molecular weight excluding hydrogens is 157 g/mol. The Bertz CT molecular complexity index is 237. The Morgan fingerprint density at radius 3 is 2.83 bits per heavy atom. The van der Waals surface area contributed by atoms with Gasteiger partial charge in [0, 0.05) is 12.7 Å². The molecule has 0 bridgehead atoms. The fourth-order valence-electron chi connectivity index (χ4n) is 1.04. The van der Waals surface area contributed by atoms with Crippen LogP contribution in [0.25, 0.3) is 0 Å². The molecule has 1 aromatic rings. The van der Waals surface area contributed by atoms with Gasteiger partial charge in [0.2, 0.25) is 0 Å². The summed E-state index contributed by atoms with van der Waals surface area (Å²) in [6, 6.07) is 1.75. The molecule has 1 aromatic heterocycles. The van der Waals surface area contributed by atoms with Crippen LogP contribution in [0.1, 0.15) is 24.0 Å². The Kier molecular flexibility index (Phi) is 2.81. The molecule has 2 N–H and O–H groups in total. The van der Waals surface area contributed by atoms with Gasteiger partial charge >= 0.3 is 0 Å². The van der Waals surface area contributed by atoms with Gasteiger partial charge in [-0.1, -0.05) is 0 Å². The normalized spacial score (nSPS) is 13.3. The van der Waals surface area contributed by atoms with Crippen molar-refractivity contribution in [2.75, 3.05) is 6.54 Å². The van der Waals surface area contributed by atoms with Crippen LogP contribution in [0, 0.1) is 6.92 Å². The Morgan fingerprint density at radius 2 is 2.42 bits per heavy atom. The van der Waals surface area contributed by atoms with Gasteiger partial charge in [-0.05, 0) is 26.0 Å². The number of hydrogen-bond donors (Lipinski definition) is 1. The first kappa shape index (κ1) is 9.19. The van der Waals surface area contributed by atoms with Crippen LogP contribution in [0.15, 0.2) is 6.07 Å². The second-order valence-electron chi connectivity index (χ2n) is 2.88. The van der Waals surface area contributed by atoms with Crippen molar-refractivity contribution in [2.24, 2.45) is 12.8 Å². The lowest BCUT2D eigenvalue weighted by Crippen LogP contribution is -2.04. The lowest BCUT2D eigenvalue weighted by molar-refractivity contribution is 0.318. The summed E-state index contributed by atoms with van der Waals surface area (Å²) in [6.45, 7) is 2.25. The van der Waals surface area contributed by atoms with Crippen molar-refractivity contribution in [3.05, 3.63) is 17.5 Å². The van der Waals surface area contributed by atoms with Crippen molar-refractivity contribution in [1.82, 2.24) is 9.78 Å². The summed E-state index contributed by atoms with van der Waals surface area (Å²) < 4.78 is 14.8. The summed E-state index contributed by atoms with van der Waals surface area (Å²) in [7, 11) is 1.80. The maximum atomic E-state index is 13.2. The van der Waals surface area contributed by atoms with Gasteiger partial charge in [-0.3, -0.25) is 4.68 Å². The van der Waals surface area contributed by atoms with Crippen molar-refractivity contribution in [2.45, 2.75) is 19.5 Å². The smallest absolute Gasteiger partial charge is 0.145 e. The summed E-state index contributed by atoms with van der Waals surface area (Å²) in [5.74, 6) is 0. The molecule has 0 fully saturated rings. The maximum Gasteiger partial charge on any atom is 0.145 e. The number of aromatic nitrogens is 2. The van der Waals surface area contributed by atoms with Gasteiger partial charge < -0.3 is 5.73 Å². The molecule has 1 unspecified atom stereocenters. The van der Waals surface area contributed by atoms with Gasteiger partial charge in [0.05, 0.1) is 5.69 Å². The van der Waals surface area contributed by atoms with Crippen molar-refractivity contribution >= 4 is 0 Å². The SMILES string of the molecule is Cc1cc(C(F)CCN)nn1C. The summed E-state index contributed by atoms with van der Waals surface area (Å²) in [5, 5.41) is 4.01. The zero-order valence-electron chi connectivity index (χ0n) is 7.42. The number of hydrogen-bond acceptors (Lipinski definition) is 2. The third-order valence-corrected chi connectivity index (χ3v) is 1.87. The molecule has 12 heavy (non-hydrogen) atoms. The third kappa shape index (κ3) is 1.82. The Labute approximate surface area is 71.4 Å². The number of rotatable bonds is 3. The van der Waals surface area contributed by atoms with E-state index in [1.54, 1.807) is 17.8 Å². The van der Waals surface area contributed by atoms with Crippen LogP contribution in [0.3, 0.4) is 0 Å². The van der Waals surface area contributed by atoms with Crippen LogP contribution in [-0.2, 0) is 7.05 Å². The first-order chi connectivity index (χ1) is 5.65. The molecule has 0 saturated heterocycles. The number of nitrogens with zero attached hydrogens (tertiary/aromatic N) is 2. The van der Waals surface area contributed by atoms with E-state index in [1.165, 1.54) is 0 Å². The van der Waals surface area contributed by atoms with Crippen molar-refractivity contribution in [3.63, 3.8) is 0 Å². The third-order valence-electron chi connectivity index (χ3n) is 1.87. The highest BCUT2D eigenvalue weighted by Crippen LogP contribution is 2.19. The number of alkyl halides is 1. The Hall–Kier alpha value is -0.900. The first-order valence-electron chi connectivity index (χ1n) is 4.00. The molecule has 3 nitrogen and oxygen atoms in total. The van der Waals surface area contributed by atoms with Gasteiger partial charge in [-0.2, -0.15) is 5.10 Å². The van der Waals surface area contributed by atoms with E-state index in [-0.39, 0.29) is 0 Å². The van der Waals surface area contributed by atoms with E-state index in [0.717, 1.165) is 5.69 Å². The number of nitrogens with two attached hydrogens (primary N) is 1. The molecule has 0 amide bonds. The minimum atomic E-state index is -1.02. The van der Waals surface area contributed by atoms with E-state index in [1.807, 2.05) is 6.92 Å². The highest BCUT2D eigenvalue weighted by molar-refractivity contribution is 5.10. The van der Waals surface area contributed by atoms with Crippen LogP contribution in [0.4, 0.5) is 4.39 Å². The van der Waals surface area contributed by atoms with Gasteiger partial charge in [-0.25, -0.2) is 4.39 Å². The summed E-state index contributed by atoms with van der Waals surface area (Å²) >= 11 is 0. The molecule has 0 aliphatic heterocycles. The number of aryl methyl sites for hydroxylation is 2. The first-order valence-corrected chi connectivity index (χ1v) is 4.00. The highest BCUT2D eigenvalue weighted by atomic mass is 19.1. The molecule has 1 atom stereocenters. The zero-order chi connectivity index (χ0) is 9.14. The van der Waals surface area contributed by atoms with E-state index in [9.17, 15) is 4.39 Å². The van der Waals surface area contributed by atoms with Crippen LogP contribution < -0.4 is 5.73 Å². The predicted molar refractivity (Wildman–Crippen MR) is 45.5 cm³/mol. The van der Waals surface area contributed by atoms with E-state index in [2.05, 4.69) is 5.10 Å². The molecule has 0 aromatic carbocycles.